The van der Waals surface area contributed by atoms with Gasteiger partial charge in [-0.1, -0.05) is 18.2 Å². The van der Waals surface area contributed by atoms with Gasteiger partial charge in [0.05, 0.1) is 10.9 Å². The molecular weight excluding hydrogens is 288 g/mol. The number of nitrogens with two attached hydrogens (primary N) is 1. The topological polar surface area (TPSA) is 81.4 Å². The van der Waals surface area contributed by atoms with E-state index in [-0.39, 0.29) is 10.9 Å². The number of hydrogen-bond acceptors (Lipinski definition) is 4. The van der Waals surface area contributed by atoms with Gasteiger partial charge in [-0.15, -0.1) is 0 Å². The summed E-state index contributed by atoms with van der Waals surface area (Å²) in [6, 6.07) is 11.8. The van der Waals surface area contributed by atoms with Crippen molar-refractivity contribution in [2.75, 3.05) is 12.3 Å². The average Bonchev–Trinajstić information content (AvgIpc) is 2.81. The number of rotatable bonds is 3. The predicted molar refractivity (Wildman–Crippen MR) is 80.6 cm³/mol. The van der Waals surface area contributed by atoms with Crippen molar-refractivity contribution in [3.05, 3.63) is 53.6 Å². The first-order valence-corrected chi connectivity index (χ1v) is 8.06. The van der Waals surface area contributed by atoms with Crippen LogP contribution in [0.3, 0.4) is 0 Å². The highest BCUT2D eigenvalue weighted by molar-refractivity contribution is 7.89. The van der Waals surface area contributed by atoms with E-state index in [9.17, 15) is 8.42 Å². The SMILES string of the molecule is Cc1cc(N)ccc1S(=O)(=O)NC1COc2ccccc21. The van der Waals surface area contributed by atoms with Gasteiger partial charge in [-0.2, -0.15) is 0 Å². The Morgan fingerprint density at radius 1 is 1.24 bits per heavy atom. The average molecular weight is 304 g/mol. The first-order chi connectivity index (χ1) is 9.97. The zero-order valence-electron chi connectivity index (χ0n) is 11.5. The summed E-state index contributed by atoms with van der Waals surface area (Å²) in [6.45, 7) is 2.02. The molecule has 1 aliphatic rings. The molecule has 0 amide bonds. The lowest BCUT2D eigenvalue weighted by atomic mass is 10.1. The number of para-hydroxylation sites is 1. The number of ether oxygens (including phenoxy) is 1. The molecule has 6 heteroatoms. The monoisotopic (exact) mass is 304 g/mol. The molecule has 21 heavy (non-hydrogen) atoms. The van der Waals surface area contributed by atoms with E-state index in [4.69, 9.17) is 10.5 Å². The fourth-order valence-electron chi connectivity index (χ4n) is 2.49. The smallest absolute Gasteiger partial charge is 0.241 e. The van der Waals surface area contributed by atoms with Gasteiger partial charge in [-0.05, 0) is 36.8 Å². The van der Waals surface area contributed by atoms with E-state index in [0.717, 1.165) is 11.3 Å². The Balaban J connectivity index is 1.91. The lowest BCUT2D eigenvalue weighted by molar-refractivity contribution is 0.325. The van der Waals surface area contributed by atoms with Crippen LogP contribution in [0.2, 0.25) is 0 Å². The number of hydrogen-bond donors (Lipinski definition) is 2. The van der Waals surface area contributed by atoms with Gasteiger partial charge in [0.25, 0.3) is 0 Å². The van der Waals surface area contributed by atoms with E-state index in [0.29, 0.717) is 17.9 Å². The molecule has 1 unspecified atom stereocenters. The molecule has 5 nitrogen and oxygen atoms in total. The standard InChI is InChI=1S/C15H16N2O3S/c1-10-8-11(16)6-7-15(10)21(18,19)17-13-9-20-14-5-3-2-4-12(13)14/h2-8,13,17H,9,16H2,1H3. The van der Waals surface area contributed by atoms with Gasteiger partial charge >= 0.3 is 0 Å². The Hall–Kier alpha value is -2.05. The summed E-state index contributed by atoms with van der Waals surface area (Å²) in [5.41, 5.74) is 7.68. The van der Waals surface area contributed by atoms with Crippen LogP contribution in [0.25, 0.3) is 0 Å². The van der Waals surface area contributed by atoms with Crippen LogP contribution in [-0.4, -0.2) is 15.0 Å². The molecule has 0 saturated carbocycles. The van der Waals surface area contributed by atoms with Crippen molar-refractivity contribution in [1.29, 1.82) is 0 Å². The molecule has 0 spiro atoms. The van der Waals surface area contributed by atoms with Gasteiger partial charge in [0.2, 0.25) is 10.0 Å². The molecule has 1 heterocycles. The third-order valence-corrected chi connectivity index (χ3v) is 5.12. The van der Waals surface area contributed by atoms with Crippen molar-refractivity contribution in [3.63, 3.8) is 0 Å². The maximum atomic E-state index is 12.5. The molecule has 0 fully saturated rings. The minimum atomic E-state index is -3.62. The van der Waals surface area contributed by atoms with Crippen molar-refractivity contribution in [3.8, 4) is 5.75 Å². The number of nitrogen functional groups attached to an aromatic ring is 1. The van der Waals surface area contributed by atoms with Crippen molar-refractivity contribution >= 4 is 15.7 Å². The van der Waals surface area contributed by atoms with Gasteiger partial charge in [0.1, 0.15) is 12.4 Å². The summed E-state index contributed by atoms with van der Waals surface area (Å²) < 4.78 is 33.2. The minimum Gasteiger partial charge on any atom is -0.491 e. The van der Waals surface area contributed by atoms with Crippen LogP contribution in [0.4, 0.5) is 5.69 Å². The number of aryl methyl sites for hydroxylation is 1. The Labute approximate surface area is 123 Å². The lowest BCUT2D eigenvalue weighted by Crippen LogP contribution is -2.30. The predicted octanol–water partition coefficient (Wildman–Crippen LogP) is 1.99. The summed E-state index contributed by atoms with van der Waals surface area (Å²) in [4.78, 5) is 0.237. The second-order valence-corrected chi connectivity index (χ2v) is 6.73. The molecule has 0 radical (unpaired) electrons. The molecule has 2 aromatic carbocycles. The molecule has 3 N–H and O–H groups in total. The highest BCUT2D eigenvalue weighted by Crippen LogP contribution is 2.33. The van der Waals surface area contributed by atoms with E-state index >= 15 is 0 Å². The fraction of sp³-hybridized carbons (Fsp3) is 0.200. The van der Waals surface area contributed by atoms with Crippen LogP contribution in [0.5, 0.6) is 5.75 Å². The molecule has 110 valence electrons. The second kappa shape index (κ2) is 5.05. The van der Waals surface area contributed by atoms with Crippen LogP contribution in [-0.2, 0) is 10.0 Å². The Kier molecular flexibility index (Phi) is 3.35. The third-order valence-electron chi connectivity index (χ3n) is 3.49. The van der Waals surface area contributed by atoms with Crippen molar-refractivity contribution in [1.82, 2.24) is 4.72 Å². The number of anilines is 1. The maximum absolute atomic E-state index is 12.5. The van der Waals surface area contributed by atoms with E-state index in [1.165, 1.54) is 6.07 Å². The van der Waals surface area contributed by atoms with E-state index in [2.05, 4.69) is 4.72 Å². The molecule has 0 saturated heterocycles. The van der Waals surface area contributed by atoms with Gasteiger partial charge in [0.15, 0.2) is 0 Å². The molecule has 2 aromatic rings. The largest absolute Gasteiger partial charge is 0.491 e. The summed E-state index contributed by atoms with van der Waals surface area (Å²) in [6.07, 6.45) is 0. The molecule has 3 rings (SSSR count). The maximum Gasteiger partial charge on any atom is 0.241 e. The quantitative estimate of drug-likeness (QED) is 0.850. The normalized spacial score (nSPS) is 17.3. The number of fused-ring (bicyclic) bond motifs is 1. The molecule has 0 bridgehead atoms. The van der Waals surface area contributed by atoms with Crippen molar-refractivity contribution in [2.45, 2.75) is 17.9 Å². The van der Waals surface area contributed by atoms with E-state index in [1.807, 2.05) is 24.3 Å². The molecule has 0 aliphatic carbocycles. The summed E-state index contributed by atoms with van der Waals surface area (Å²) in [5, 5.41) is 0. The molecule has 0 aromatic heterocycles. The highest BCUT2D eigenvalue weighted by atomic mass is 32.2. The van der Waals surface area contributed by atoms with Gasteiger partial charge in [-0.25, -0.2) is 13.1 Å². The van der Waals surface area contributed by atoms with E-state index in [1.54, 1.807) is 19.1 Å². The first-order valence-electron chi connectivity index (χ1n) is 6.57. The Bertz CT molecular complexity index is 787. The van der Waals surface area contributed by atoms with Crippen LogP contribution in [0, 0.1) is 6.92 Å². The number of sulfonamides is 1. The number of benzene rings is 2. The molecular formula is C15H16N2O3S. The zero-order chi connectivity index (χ0) is 15.0. The first kappa shape index (κ1) is 13.9. The lowest BCUT2D eigenvalue weighted by Gasteiger charge is -2.14. The van der Waals surface area contributed by atoms with Gasteiger partial charge < -0.3 is 10.5 Å². The minimum absolute atomic E-state index is 0.237. The van der Waals surface area contributed by atoms with Crippen molar-refractivity contribution < 1.29 is 13.2 Å². The zero-order valence-corrected chi connectivity index (χ0v) is 12.4. The number of nitrogens with one attached hydrogen (secondary N) is 1. The summed E-state index contributed by atoms with van der Waals surface area (Å²) in [5.74, 6) is 0.722. The summed E-state index contributed by atoms with van der Waals surface area (Å²) >= 11 is 0. The highest BCUT2D eigenvalue weighted by Gasteiger charge is 2.29. The summed E-state index contributed by atoms with van der Waals surface area (Å²) in [7, 11) is -3.62. The third kappa shape index (κ3) is 2.59. The van der Waals surface area contributed by atoms with Crippen LogP contribution in [0.15, 0.2) is 47.4 Å². The second-order valence-electron chi connectivity index (χ2n) is 5.05. The molecule has 1 atom stereocenters. The van der Waals surface area contributed by atoms with Crippen LogP contribution >= 0.6 is 0 Å². The fourth-order valence-corrected chi connectivity index (χ4v) is 3.91. The van der Waals surface area contributed by atoms with Crippen LogP contribution < -0.4 is 15.2 Å². The molecule has 1 aliphatic heterocycles. The van der Waals surface area contributed by atoms with Crippen LogP contribution in [0.1, 0.15) is 17.2 Å². The van der Waals surface area contributed by atoms with Gasteiger partial charge in [0, 0.05) is 11.3 Å². The Morgan fingerprint density at radius 3 is 2.76 bits per heavy atom. The van der Waals surface area contributed by atoms with Crippen molar-refractivity contribution in [2.24, 2.45) is 0 Å². The van der Waals surface area contributed by atoms with E-state index < -0.39 is 10.0 Å². The van der Waals surface area contributed by atoms with Gasteiger partial charge in [-0.3, -0.25) is 0 Å². The Morgan fingerprint density at radius 2 is 2.00 bits per heavy atom.